The molecule has 1 aliphatic heterocycles. The molecule has 0 aliphatic carbocycles. The number of carbonyl (C=O) groups is 1. The number of hydrogen-bond donors (Lipinski definition) is 0. The van der Waals surface area contributed by atoms with Crippen LogP contribution in [0, 0.1) is 10.1 Å². The van der Waals surface area contributed by atoms with E-state index < -0.39 is 4.92 Å². The second-order valence-electron chi connectivity index (χ2n) is 6.25. The lowest BCUT2D eigenvalue weighted by atomic mass is 10.2. The Hall–Kier alpha value is -2.61. The highest BCUT2D eigenvalue weighted by Crippen LogP contribution is 2.20. The number of amides is 1. The predicted molar refractivity (Wildman–Crippen MR) is 92.1 cm³/mol. The van der Waals surface area contributed by atoms with Gasteiger partial charge in [0.2, 0.25) is 6.33 Å². The Morgan fingerprint density at radius 3 is 2.54 bits per heavy atom. The Kier molecular flexibility index (Phi) is 6.57. The summed E-state index contributed by atoms with van der Waals surface area (Å²) in [4.78, 5) is 26.9. The average Bonchev–Trinajstić information content (AvgIpc) is 2.86. The summed E-state index contributed by atoms with van der Waals surface area (Å²) < 4.78 is 3.79. The van der Waals surface area contributed by atoms with E-state index in [0.717, 1.165) is 31.7 Å². The fourth-order valence-electron chi connectivity index (χ4n) is 3.06. The van der Waals surface area contributed by atoms with Gasteiger partial charge in [-0.25, -0.2) is 9.13 Å². The third kappa shape index (κ3) is 4.72. The van der Waals surface area contributed by atoms with Gasteiger partial charge in [-0.3, -0.25) is 14.9 Å². The minimum absolute atomic E-state index is 0. The van der Waals surface area contributed by atoms with Crippen molar-refractivity contribution < 1.29 is 26.7 Å². The smallest absolute Gasteiger partial charge is 0.269 e. The fraction of sp³-hybridized carbons (Fsp3) is 0.412. The summed E-state index contributed by atoms with van der Waals surface area (Å²) in [6.45, 7) is 3.29. The number of nitro groups is 1. The van der Waals surface area contributed by atoms with E-state index in [0.29, 0.717) is 13.1 Å². The first-order valence-electron chi connectivity index (χ1n) is 8.31. The van der Waals surface area contributed by atoms with E-state index in [-0.39, 0.29) is 24.0 Å². The molecule has 26 heavy (non-hydrogen) atoms. The monoisotopic (exact) mass is 379 g/mol. The third-order valence-corrected chi connectivity index (χ3v) is 4.42. The van der Waals surface area contributed by atoms with E-state index in [4.69, 9.17) is 0 Å². The number of aryl methyl sites for hydroxylation is 1. The molecule has 140 valence electrons. The molecule has 0 saturated carbocycles. The molecule has 0 atom stereocenters. The van der Waals surface area contributed by atoms with E-state index in [9.17, 15) is 14.9 Å². The van der Waals surface area contributed by atoms with E-state index in [2.05, 4.69) is 4.90 Å². The molecule has 1 aliphatic rings. The number of aromatic nitrogens is 2. The average molecular weight is 380 g/mol. The Balaban J connectivity index is 0.00000243. The maximum atomic E-state index is 12.5. The van der Waals surface area contributed by atoms with Gasteiger partial charge in [0.05, 0.1) is 12.0 Å². The zero-order chi connectivity index (χ0) is 17.8. The molecule has 2 heterocycles. The lowest BCUT2D eigenvalue weighted by Crippen LogP contribution is -3.00. The van der Waals surface area contributed by atoms with Crippen molar-refractivity contribution in [2.75, 3.05) is 31.1 Å². The van der Waals surface area contributed by atoms with E-state index in [1.165, 1.54) is 12.1 Å². The predicted octanol–water partition coefficient (Wildman–Crippen LogP) is -2.04. The van der Waals surface area contributed by atoms with Gasteiger partial charge < -0.3 is 22.2 Å². The Labute approximate surface area is 158 Å². The van der Waals surface area contributed by atoms with Crippen molar-refractivity contribution in [3.63, 3.8) is 0 Å². The quantitative estimate of drug-likeness (QED) is 0.348. The molecule has 8 nitrogen and oxygen atoms in total. The summed E-state index contributed by atoms with van der Waals surface area (Å²) in [6, 6.07) is 6.59. The molecule has 0 radical (unpaired) electrons. The van der Waals surface area contributed by atoms with Gasteiger partial charge in [-0.1, -0.05) is 0 Å². The van der Waals surface area contributed by atoms with Crippen molar-refractivity contribution in [2.45, 2.75) is 13.0 Å². The molecule has 1 aromatic heterocycles. The summed E-state index contributed by atoms with van der Waals surface area (Å²) in [5.41, 5.74) is 1.05. The van der Waals surface area contributed by atoms with Crippen LogP contribution in [-0.4, -0.2) is 46.5 Å². The number of imidazole rings is 1. The molecular weight excluding hydrogens is 358 g/mol. The van der Waals surface area contributed by atoms with Crippen LogP contribution in [0.15, 0.2) is 43.0 Å². The highest BCUT2D eigenvalue weighted by Gasteiger charge is 2.21. The van der Waals surface area contributed by atoms with E-state index in [1.54, 1.807) is 12.1 Å². The Morgan fingerprint density at radius 2 is 1.92 bits per heavy atom. The zero-order valence-electron chi connectivity index (χ0n) is 14.6. The number of nitrogens with zero attached hydrogens (tertiary/aromatic N) is 5. The van der Waals surface area contributed by atoms with Crippen molar-refractivity contribution in [1.82, 2.24) is 9.47 Å². The standard InChI is InChI=1S/C17H22N5O3.ClH/c1-18-9-10-19(14-18)13-17(23)21-8-2-7-20(11-12-21)15-3-5-16(6-4-15)22(24)25;/h3-6,9-10,14H,2,7-8,11-13H2,1H3;1H/q+1;/p-1. The first kappa shape index (κ1) is 19.7. The van der Waals surface area contributed by atoms with Gasteiger partial charge in [-0.05, 0) is 18.6 Å². The minimum atomic E-state index is -0.395. The molecule has 1 amide bonds. The highest BCUT2D eigenvalue weighted by molar-refractivity contribution is 5.76. The van der Waals surface area contributed by atoms with Gasteiger partial charge in [-0.2, -0.15) is 0 Å². The van der Waals surface area contributed by atoms with Gasteiger partial charge in [-0.15, -0.1) is 0 Å². The van der Waals surface area contributed by atoms with Crippen molar-refractivity contribution in [2.24, 2.45) is 7.05 Å². The second kappa shape index (κ2) is 8.66. The maximum Gasteiger partial charge on any atom is 0.269 e. The molecule has 0 unspecified atom stereocenters. The van der Waals surface area contributed by atoms with Crippen LogP contribution in [0.2, 0.25) is 0 Å². The molecular formula is C17H22ClN5O3. The number of halogens is 1. The van der Waals surface area contributed by atoms with Crippen LogP contribution >= 0.6 is 0 Å². The fourth-order valence-corrected chi connectivity index (χ4v) is 3.06. The second-order valence-corrected chi connectivity index (χ2v) is 6.25. The van der Waals surface area contributed by atoms with Gasteiger partial charge >= 0.3 is 0 Å². The highest BCUT2D eigenvalue weighted by atomic mass is 35.5. The number of nitro benzene ring substituents is 1. The molecule has 1 fully saturated rings. The number of non-ortho nitro benzene ring substituents is 1. The number of rotatable bonds is 4. The summed E-state index contributed by atoms with van der Waals surface area (Å²) >= 11 is 0. The molecule has 0 bridgehead atoms. The molecule has 9 heteroatoms. The van der Waals surface area contributed by atoms with Gasteiger partial charge in [0.1, 0.15) is 12.4 Å². The van der Waals surface area contributed by atoms with E-state index >= 15 is 0 Å². The number of anilines is 1. The normalized spacial score (nSPS) is 14.5. The molecule has 0 N–H and O–H groups in total. The largest absolute Gasteiger partial charge is 1.00 e. The van der Waals surface area contributed by atoms with Crippen molar-refractivity contribution in [3.8, 4) is 0 Å². The SMILES string of the molecule is C[n+]1ccn(CC(=O)N2CCCN(c3ccc([N+](=O)[O-])cc3)CC2)c1.[Cl-]. The zero-order valence-corrected chi connectivity index (χ0v) is 15.4. The van der Waals surface area contributed by atoms with Gasteiger partial charge in [0.15, 0.2) is 6.54 Å². The van der Waals surface area contributed by atoms with Gasteiger partial charge in [0, 0.05) is 44.0 Å². The van der Waals surface area contributed by atoms with Crippen LogP contribution < -0.4 is 21.9 Å². The molecule has 1 aromatic carbocycles. The summed E-state index contributed by atoms with van der Waals surface area (Å²) in [6.07, 6.45) is 6.56. The van der Waals surface area contributed by atoms with Crippen LogP contribution in [0.3, 0.4) is 0 Å². The maximum absolute atomic E-state index is 12.5. The molecule has 0 spiro atoms. The summed E-state index contributed by atoms with van der Waals surface area (Å²) in [5, 5.41) is 10.8. The van der Waals surface area contributed by atoms with Crippen LogP contribution in [0.5, 0.6) is 0 Å². The molecule has 1 saturated heterocycles. The van der Waals surface area contributed by atoms with Crippen LogP contribution in [0.4, 0.5) is 11.4 Å². The lowest BCUT2D eigenvalue weighted by molar-refractivity contribution is -0.671. The van der Waals surface area contributed by atoms with E-state index in [1.807, 2.05) is 39.8 Å². The summed E-state index contributed by atoms with van der Waals surface area (Å²) in [5.74, 6) is 0.113. The van der Waals surface area contributed by atoms with Crippen molar-refractivity contribution in [3.05, 3.63) is 53.1 Å². The van der Waals surface area contributed by atoms with Gasteiger partial charge in [0.25, 0.3) is 11.6 Å². The number of benzene rings is 1. The third-order valence-electron chi connectivity index (χ3n) is 4.42. The Bertz CT molecular complexity index is 762. The van der Waals surface area contributed by atoms with Crippen LogP contribution in [0.1, 0.15) is 6.42 Å². The number of carbonyl (C=O) groups excluding carboxylic acids is 1. The molecule has 3 rings (SSSR count). The first-order valence-corrected chi connectivity index (χ1v) is 8.31. The Morgan fingerprint density at radius 1 is 1.19 bits per heavy atom. The summed E-state index contributed by atoms with van der Waals surface area (Å²) in [7, 11) is 1.93. The number of hydrogen-bond acceptors (Lipinski definition) is 4. The first-order chi connectivity index (χ1) is 12.0. The van der Waals surface area contributed by atoms with Crippen molar-refractivity contribution in [1.29, 1.82) is 0 Å². The topological polar surface area (TPSA) is 75.5 Å². The van der Waals surface area contributed by atoms with Crippen LogP contribution in [-0.2, 0) is 18.4 Å². The van der Waals surface area contributed by atoms with Crippen molar-refractivity contribution >= 4 is 17.3 Å². The minimum Gasteiger partial charge on any atom is -1.00 e. The van der Waals surface area contributed by atoms with Crippen LogP contribution in [0.25, 0.3) is 0 Å². The lowest BCUT2D eigenvalue weighted by Gasteiger charge is -2.23. The molecule has 2 aromatic rings.